The zero-order chi connectivity index (χ0) is 15.7. The molecule has 0 N–H and O–H groups in total. The van der Waals surface area contributed by atoms with Crippen LogP contribution in [0.2, 0.25) is 0 Å². The quantitative estimate of drug-likeness (QED) is 0.156. The lowest BCUT2D eigenvalue weighted by atomic mass is 11.9. The van der Waals surface area contributed by atoms with Crippen LogP contribution in [0.15, 0.2) is 18.1 Å². The van der Waals surface area contributed by atoms with Gasteiger partial charge >= 0.3 is 0 Å². The van der Waals surface area contributed by atoms with Gasteiger partial charge in [0.15, 0.2) is 0 Å². The summed E-state index contributed by atoms with van der Waals surface area (Å²) < 4.78 is 25.2. The van der Waals surface area contributed by atoms with Crippen LogP contribution in [-0.2, 0) is 0 Å². The van der Waals surface area contributed by atoms with Crippen LogP contribution in [0.4, 0.5) is 0 Å². The summed E-state index contributed by atoms with van der Waals surface area (Å²) in [5, 5.41) is 0. The van der Waals surface area contributed by atoms with Crippen molar-refractivity contribution in [2.45, 2.75) is 0 Å². The van der Waals surface area contributed by atoms with Crippen molar-refractivity contribution >= 4 is 119 Å². The number of hydrogen-bond donors (Lipinski definition) is 0. The first-order valence-corrected chi connectivity index (χ1v) is 21.1. The van der Waals surface area contributed by atoms with Crippen molar-refractivity contribution < 1.29 is 0 Å². The van der Waals surface area contributed by atoms with E-state index in [4.69, 9.17) is 18.1 Å². The Hall–Kier alpha value is 3.84. The van der Waals surface area contributed by atoms with Crippen molar-refractivity contribution in [2.24, 2.45) is 18.1 Å². The average molecular weight is 804 g/mol. The number of nitrogens with zero attached hydrogens (tertiary/aromatic N) is 4. The Kier molecular flexibility index (Phi) is 9.28. The second-order valence-corrected chi connectivity index (χ2v) is 25.9. The zero-order valence-electron chi connectivity index (χ0n) is 11.9. The maximum atomic E-state index is 5.29. The van der Waals surface area contributed by atoms with E-state index in [1.807, 2.05) is 0 Å². The second kappa shape index (κ2) is 8.48. The molecule has 0 aliphatic carbocycles. The Morgan fingerprint density at radius 2 is 0.650 bits per heavy atom. The molecule has 0 aromatic carbocycles. The highest BCUT2D eigenvalue weighted by atomic mass is 127. The van der Waals surface area contributed by atoms with E-state index in [1.54, 1.807) is 0 Å². The number of halogens is 4. The summed E-state index contributed by atoms with van der Waals surface area (Å²) in [6, 6.07) is 0. The van der Waals surface area contributed by atoms with Gasteiger partial charge in [0, 0.05) is 0 Å². The van der Waals surface area contributed by atoms with Gasteiger partial charge in [0.1, 0.15) is 0 Å². The first-order chi connectivity index (χ1) is 9.07. The molecule has 0 fully saturated rings. The Morgan fingerprint density at radius 3 is 0.750 bits per heavy atom. The van der Waals surface area contributed by atoms with Crippen LogP contribution >= 0.6 is 119 Å². The van der Waals surface area contributed by atoms with Gasteiger partial charge in [-0.3, -0.25) is 0 Å². The van der Waals surface area contributed by atoms with Gasteiger partial charge in [0.25, 0.3) is 0 Å². The molecule has 0 unspecified atom stereocenters. The predicted molar refractivity (Wildman–Crippen MR) is 137 cm³/mol. The molecular formula is C8H20I4N4P4. The van der Waals surface area contributed by atoms with Crippen LogP contribution in [0.1, 0.15) is 0 Å². The maximum Gasteiger partial charge on any atom is 0.0872 e. The highest BCUT2D eigenvalue weighted by Crippen LogP contribution is 2.76. The van der Waals surface area contributed by atoms with E-state index in [2.05, 4.69) is 117 Å². The van der Waals surface area contributed by atoms with E-state index in [-0.39, 0.29) is 0 Å². The van der Waals surface area contributed by atoms with Crippen molar-refractivity contribution in [3.8, 4) is 0 Å². The topological polar surface area (TPSA) is 49.4 Å². The van der Waals surface area contributed by atoms with Gasteiger partial charge in [-0.2, -0.15) is 0 Å². The minimum absolute atomic E-state index is 1.02. The first-order valence-electron chi connectivity index (χ1n) is 5.72. The molecule has 1 heterocycles. The van der Waals surface area contributed by atoms with Gasteiger partial charge in [-0.1, -0.05) is 90.4 Å². The lowest BCUT2D eigenvalue weighted by molar-refractivity contribution is 1.61. The van der Waals surface area contributed by atoms with E-state index in [0.29, 0.717) is 0 Å². The van der Waals surface area contributed by atoms with E-state index in [9.17, 15) is 0 Å². The molecule has 0 saturated carbocycles. The highest BCUT2D eigenvalue weighted by molar-refractivity contribution is 14.1. The maximum absolute atomic E-state index is 5.29. The van der Waals surface area contributed by atoms with Crippen LogP contribution < -0.4 is 0 Å². The van der Waals surface area contributed by atoms with Crippen molar-refractivity contribution in [1.82, 2.24) is 0 Å². The fraction of sp³-hybridized carbons (Fsp3) is 1.00. The average Bonchev–Trinajstić information content (AvgIpc) is 2.36. The molecule has 0 radical (unpaired) electrons. The first kappa shape index (κ1) is 21.9. The normalized spacial score (nSPS) is 45.2. The number of rotatable bonds is 4. The van der Waals surface area contributed by atoms with Crippen LogP contribution in [0.25, 0.3) is 0 Å². The second-order valence-electron chi connectivity index (χ2n) is 5.19. The van der Waals surface area contributed by atoms with Gasteiger partial charge < -0.3 is 0 Å². The van der Waals surface area contributed by atoms with Crippen LogP contribution in [0, 0.1) is 0 Å². The largest absolute Gasteiger partial charge is 0.240 e. The number of alkyl halides is 4. The Balaban J connectivity index is 3.79. The summed E-state index contributed by atoms with van der Waals surface area (Å²) in [5.74, 6) is 0. The van der Waals surface area contributed by atoms with Gasteiger partial charge in [0.2, 0.25) is 0 Å². The Morgan fingerprint density at radius 1 is 0.500 bits per heavy atom. The Bertz CT molecular complexity index is 473. The molecule has 0 aromatic heterocycles. The molecule has 0 atom stereocenters. The standard InChI is InChI=1S/C8H20I4N4P4/c1-17(5-9)13-18(2,6-10)15-20(4,8-12)16-19(3,7-11)14-17/h5-8H2,1-4H3. The monoisotopic (exact) mass is 804 g/mol. The smallest absolute Gasteiger partial charge is 0.0872 e. The molecule has 120 valence electrons. The van der Waals surface area contributed by atoms with Crippen molar-refractivity contribution in [1.29, 1.82) is 0 Å². The minimum Gasteiger partial charge on any atom is -0.240 e. The predicted octanol–water partition coefficient (Wildman–Crippen LogP) is 8.55. The van der Waals surface area contributed by atoms with Crippen LogP contribution in [-0.4, -0.2) is 43.3 Å². The summed E-state index contributed by atoms with van der Waals surface area (Å²) in [5.41, 5.74) is 0. The van der Waals surface area contributed by atoms with Crippen molar-refractivity contribution in [2.75, 3.05) is 43.3 Å². The van der Waals surface area contributed by atoms with E-state index < -0.39 is 28.8 Å². The van der Waals surface area contributed by atoms with E-state index in [0.717, 1.165) is 16.7 Å². The lowest BCUT2D eigenvalue weighted by Crippen LogP contribution is -1.89. The van der Waals surface area contributed by atoms with Gasteiger partial charge in [0.05, 0.1) is 45.5 Å². The van der Waals surface area contributed by atoms with Gasteiger partial charge in [-0.05, 0) is 26.7 Å². The van der Waals surface area contributed by atoms with Crippen LogP contribution in [0.5, 0.6) is 0 Å². The fourth-order valence-corrected chi connectivity index (χ4v) is 28.4. The van der Waals surface area contributed by atoms with Crippen molar-refractivity contribution in [3.05, 3.63) is 0 Å². The van der Waals surface area contributed by atoms with E-state index in [1.165, 1.54) is 0 Å². The third kappa shape index (κ3) is 5.98. The molecule has 1 aliphatic rings. The Labute approximate surface area is 178 Å². The van der Waals surface area contributed by atoms with E-state index >= 15 is 0 Å². The summed E-state index contributed by atoms with van der Waals surface area (Å²) in [4.78, 5) is 0. The lowest BCUT2D eigenvalue weighted by Gasteiger charge is -2.29. The molecule has 0 aromatic rings. The molecule has 0 spiro atoms. The summed E-state index contributed by atoms with van der Waals surface area (Å²) in [7, 11) is -6.42. The highest BCUT2D eigenvalue weighted by Gasteiger charge is 2.27. The summed E-state index contributed by atoms with van der Waals surface area (Å²) >= 11 is 9.82. The molecule has 4 nitrogen and oxygen atoms in total. The zero-order valence-corrected chi connectivity index (χ0v) is 24.1. The molecule has 0 saturated heterocycles. The molecular weight excluding hydrogens is 784 g/mol. The SMILES string of the molecule is CP1(CI)=NP(C)(CI)=NP(C)(CI)=NP(C)(CI)=N1. The molecule has 20 heavy (non-hydrogen) atoms. The number of hydrogen-bond acceptors (Lipinski definition) is 4. The third-order valence-corrected chi connectivity index (χ3v) is 32.1. The van der Waals surface area contributed by atoms with Gasteiger partial charge in [-0.15, -0.1) is 0 Å². The van der Waals surface area contributed by atoms with Crippen molar-refractivity contribution in [3.63, 3.8) is 0 Å². The molecule has 0 amide bonds. The molecule has 0 bridgehead atoms. The molecule has 1 rings (SSSR count). The molecule has 12 heteroatoms. The third-order valence-electron chi connectivity index (χ3n) is 2.45. The minimum atomic E-state index is -1.60. The molecule has 1 aliphatic heterocycles. The summed E-state index contributed by atoms with van der Waals surface area (Å²) in [6.45, 7) is 9.07. The fourth-order valence-electron chi connectivity index (χ4n) is 1.92. The summed E-state index contributed by atoms with van der Waals surface area (Å²) in [6.07, 6.45) is 0. The van der Waals surface area contributed by atoms with Crippen LogP contribution in [0.3, 0.4) is 0 Å². The van der Waals surface area contributed by atoms with Gasteiger partial charge in [-0.25, -0.2) is 18.1 Å².